The summed E-state index contributed by atoms with van der Waals surface area (Å²) in [5, 5.41) is 2.45. The number of hydrogen-bond donors (Lipinski definition) is 0. The molecule has 0 fully saturated rings. The molecule has 0 bridgehead atoms. The van der Waals surface area contributed by atoms with Crippen LogP contribution >= 0.6 is 0 Å². The van der Waals surface area contributed by atoms with Gasteiger partial charge < -0.3 is 8.83 Å². The number of fused-ring (bicyclic) bond motifs is 9. The van der Waals surface area contributed by atoms with Gasteiger partial charge in [0, 0.05) is 34.3 Å². The van der Waals surface area contributed by atoms with Crippen molar-refractivity contribution in [3.8, 4) is 5.88 Å². The van der Waals surface area contributed by atoms with Gasteiger partial charge in [-0.2, -0.15) is 0 Å². The molecule has 8 aromatic carbocycles. The number of benzene rings is 8. The first-order chi connectivity index (χ1) is 31.8. The summed E-state index contributed by atoms with van der Waals surface area (Å²) in [7, 11) is 0. The Morgan fingerprint density at radius 3 is 1.22 bits per heavy atom. The van der Waals surface area contributed by atoms with Crippen LogP contribution in [-0.4, -0.2) is 31.4 Å². The third-order valence-corrected chi connectivity index (χ3v) is 14.2. The van der Waals surface area contributed by atoms with Gasteiger partial charge in [-0.05, 0) is 48.5 Å². The molecule has 0 spiro atoms. The van der Waals surface area contributed by atoms with Gasteiger partial charge >= 0.3 is 0 Å². The van der Waals surface area contributed by atoms with E-state index in [1.165, 1.54) is 65.4 Å². The Balaban J connectivity index is 0.936. The molecule has 0 aliphatic carbocycles. The van der Waals surface area contributed by atoms with E-state index >= 15 is 0 Å². The highest BCUT2D eigenvalue weighted by Crippen LogP contribution is 2.34. The van der Waals surface area contributed by atoms with Crippen molar-refractivity contribution in [1.82, 2.24) is 4.57 Å². The Labute approximate surface area is 372 Å². The molecule has 0 saturated carbocycles. The number of aromatic nitrogens is 1. The number of anilines is 3. The van der Waals surface area contributed by atoms with E-state index in [9.17, 15) is 0 Å². The highest BCUT2D eigenvalue weighted by atomic mass is 16.4. The predicted octanol–water partition coefficient (Wildman–Crippen LogP) is 4.44. The van der Waals surface area contributed by atoms with Gasteiger partial charge in [-0.3, -0.25) is 9.47 Å². The van der Waals surface area contributed by atoms with Crippen LogP contribution < -0.4 is 70.8 Å². The van der Waals surface area contributed by atoms with Crippen LogP contribution in [0.1, 0.15) is 0 Å². The van der Waals surface area contributed by atoms with Crippen molar-refractivity contribution in [3.63, 3.8) is 0 Å². The average Bonchev–Trinajstić information content (AvgIpc) is 4.11. The van der Waals surface area contributed by atoms with Crippen molar-refractivity contribution in [2.24, 2.45) is 0 Å². The molecule has 294 valence electrons. The normalized spacial score (nSPS) is 13.2. The molecule has 4 nitrogen and oxygen atoms in total. The highest BCUT2D eigenvalue weighted by Gasteiger charge is 2.51. The molecule has 6 heterocycles. The third kappa shape index (κ3) is 5.05. The molecular formula is C56H36B4N2O2. The molecule has 0 N–H and O–H groups in total. The van der Waals surface area contributed by atoms with Crippen molar-refractivity contribution >= 4 is 132 Å². The molecular weight excluding hydrogens is 776 g/mol. The molecule has 0 unspecified atom stereocenters. The van der Waals surface area contributed by atoms with E-state index in [0.717, 1.165) is 45.5 Å². The summed E-state index contributed by atoms with van der Waals surface area (Å²) < 4.78 is 16.5. The minimum absolute atomic E-state index is 0.0695. The van der Waals surface area contributed by atoms with Crippen molar-refractivity contribution in [2.75, 3.05) is 4.90 Å². The summed E-state index contributed by atoms with van der Waals surface area (Å²) in [6.45, 7) is -0.0102. The molecule has 0 saturated heterocycles. The van der Waals surface area contributed by atoms with Gasteiger partial charge in [0.15, 0.2) is 0 Å². The lowest BCUT2D eigenvalue weighted by Gasteiger charge is -2.42. The van der Waals surface area contributed by atoms with Crippen LogP contribution in [0.25, 0.3) is 27.7 Å². The Bertz CT molecular complexity index is 3540. The second kappa shape index (κ2) is 13.8. The van der Waals surface area contributed by atoms with Gasteiger partial charge in [0.2, 0.25) is 25.2 Å². The summed E-state index contributed by atoms with van der Waals surface area (Å²) in [5.74, 6) is 1.62. The van der Waals surface area contributed by atoms with Crippen molar-refractivity contribution < 1.29 is 8.83 Å². The quantitative estimate of drug-likeness (QED) is 0.233. The maximum absolute atomic E-state index is 7.12. The summed E-state index contributed by atoms with van der Waals surface area (Å²) in [6, 6.07) is 79.2. The van der Waals surface area contributed by atoms with Crippen LogP contribution in [-0.2, 0) is 0 Å². The first-order valence-corrected chi connectivity index (χ1v) is 22.3. The smallest absolute Gasteiger partial charge is 0.286 e. The number of nitrogens with zero attached hydrogens (tertiary/aromatic N) is 2. The molecule has 14 rings (SSSR count). The van der Waals surface area contributed by atoms with Gasteiger partial charge in [0.25, 0.3) is 13.4 Å². The fraction of sp³-hybridized carbons (Fsp3) is 0. The zero-order valence-electron chi connectivity index (χ0n) is 34.8. The molecule has 0 radical (unpaired) electrons. The summed E-state index contributed by atoms with van der Waals surface area (Å²) in [4.78, 5) is 2.21. The van der Waals surface area contributed by atoms with E-state index < -0.39 is 0 Å². The maximum atomic E-state index is 7.12. The van der Waals surface area contributed by atoms with E-state index in [0.29, 0.717) is 0 Å². The molecule has 11 aromatic rings. The fourth-order valence-electron chi connectivity index (χ4n) is 11.8. The van der Waals surface area contributed by atoms with Gasteiger partial charge in [0.1, 0.15) is 0 Å². The fourth-order valence-corrected chi connectivity index (χ4v) is 11.8. The number of rotatable bonds is 6. The van der Waals surface area contributed by atoms with Crippen LogP contribution in [0.2, 0.25) is 0 Å². The lowest BCUT2D eigenvalue weighted by Crippen LogP contribution is -2.89. The van der Waals surface area contributed by atoms with Crippen molar-refractivity contribution in [1.29, 1.82) is 0 Å². The van der Waals surface area contributed by atoms with Crippen molar-refractivity contribution in [3.05, 3.63) is 218 Å². The van der Waals surface area contributed by atoms with E-state index in [1.807, 2.05) is 0 Å². The SMILES string of the molecule is c1ccc(N(c2ccccc2)c2ccc(B3c4ccccc4B4c5cccc6c5B(c5ccccc5B6c5ccc(-n6c7ccccc7c7ccccc76)o5)c5cccc3c54)o2)cc1. The summed E-state index contributed by atoms with van der Waals surface area (Å²) in [6.07, 6.45) is 0. The van der Waals surface area contributed by atoms with Gasteiger partial charge in [-0.25, -0.2) is 0 Å². The highest BCUT2D eigenvalue weighted by molar-refractivity contribution is 7.21. The van der Waals surface area contributed by atoms with E-state index in [-0.39, 0.29) is 26.9 Å². The van der Waals surface area contributed by atoms with Gasteiger partial charge in [-0.15, -0.1) is 0 Å². The average molecular weight is 812 g/mol. The number of para-hydroxylation sites is 4. The minimum atomic E-state index is -0.0803. The Morgan fingerprint density at radius 1 is 0.312 bits per heavy atom. The monoisotopic (exact) mass is 812 g/mol. The van der Waals surface area contributed by atoms with Crippen LogP contribution in [0, 0.1) is 0 Å². The van der Waals surface area contributed by atoms with Gasteiger partial charge in [-0.1, -0.05) is 212 Å². The van der Waals surface area contributed by atoms with Crippen LogP contribution in [0.3, 0.4) is 0 Å². The summed E-state index contributed by atoms with van der Waals surface area (Å²) in [5.41, 5.74) is 19.7. The lowest BCUT2D eigenvalue weighted by atomic mass is 9.11. The zero-order chi connectivity index (χ0) is 41.9. The van der Waals surface area contributed by atoms with Crippen LogP contribution in [0.5, 0.6) is 0 Å². The minimum Gasteiger partial charge on any atom is -0.454 e. The summed E-state index contributed by atoms with van der Waals surface area (Å²) >= 11 is 0. The largest absolute Gasteiger partial charge is 0.454 e. The molecule has 3 aliphatic rings. The van der Waals surface area contributed by atoms with E-state index in [1.54, 1.807) is 0 Å². The standard InChI is InChI=1S/C56H36B4N2O2/c1-3-17-37(18-4-1)61(38-19-5-2-6-20-38)53-35-33-51(63-53)57-41-23-9-11-25-43(41)59-48-30-16-28-46-56(48)60(47-29-15-27-45(57)55(47)59)44-26-12-10-24-42(44)58(46)52-34-36-54(64-52)62-49-31-13-7-21-39(49)40-22-8-14-32-50(40)62/h1-36H. The molecule has 64 heavy (non-hydrogen) atoms. The topological polar surface area (TPSA) is 34.5 Å². The number of furan rings is 2. The van der Waals surface area contributed by atoms with E-state index in [2.05, 4.69) is 228 Å². The van der Waals surface area contributed by atoms with Crippen LogP contribution in [0.4, 0.5) is 17.3 Å². The Morgan fingerprint density at radius 2 is 0.703 bits per heavy atom. The second-order valence-electron chi connectivity index (χ2n) is 17.4. The number of hydrogen-bond acceptors (Lipinski definition) is 3. The van der Waals surface area contributed by atoms with E-state index in [4.69, 9.17) is 8.83 Å². The first kappa shape index (κ1) is 35.7. The second-order valence-corrected chi connectivity index (χ2v) is 17.4. The Hall–Kier alpha value is -7.82. The van der Waals surface area contributed by atoms with Crippen LogP contribution in [0.15, 0.2) is 227 Å². The molecule has 0 amide bonds. The molecule has 3 aliphatic heterocycles. The zero-order valence-corrected chi connectivity index (χ0v) is 34.8. The lowest BCUT2D eigenvalue weighted by molar-refractivity contribution is 0.576. The van der Waals surface area contributed by atoms with Crippen molar-refractivity contribution in [2.45, 2.75) is 0 Å². The third-order valence-electron chi connectivity index (χ3n) is 14.2. The maximum Gasteiger partial charge on any atom is 0.286 e. The molecule has 0 atom stereocenters. The molecule has 3 aromatic heterocycles. The van der Waals surface area contributed by atoms with Gasteiger partial charge in [0.05, 0.1) is 22.4 Å². The molecule has 8 heteroatoms. The first-order valence-electron chi connectivity index (χ1n) is 22.3. The predicted molar refractivity (Wildman–Crippen MR) is 271 cm³/mol. The Kier molecular flexibility index (Phi) is 7.73.